The zero-order chi connectivity index (χ0) is 32.1. The maximum Gasteiger partial charge on any atom is 0.345 e. The van der Waals surface area contributed by atoms with E-state index in [-0.39, 0.29) is 31.9 Å². The van der Waals surface area contributed by atoms with Crippen LogP contribution < -0.4 is 15.7 Å². The number of imide groups is 1. The number of benzene rings is 2. The van der Waals surface area contributed by atoms with Crippen molar-refractivity contribution in [2.24, 2.45) is 5.92 Å². The van der Waals surface area contributed by atoms with E-state index in [2.05, 4.69) is 10.4 Å². The lowest BCUT2D eigenvalue weighted by Crippen LogP contribution is -2.47. The number of carboxylic acids is 1. The maximum absolute atomic E-state index is 14.0. The number of hydrogen-bond acceptors (Lipinski definition) is 8. The fraction of sp³-hybridized carbons (Fsp3) is 0.414. The number of rotatable bonds is 11. The van der Waals surface area contributed by atoms with Crippen LogP contribution in [0.3, 0.4) is 0 Å². The first-order valence-corrected chi connectivity index (χ1v) is 14.5. The number of nitrogens with one attached hydrogen (secondary N) is 1. The number of carbonyl (C=O) groups is 3. The summed E-state index contributed by atoms with van der Waals surface area (Å²) in [5, 5.41) is 28.6. The third-order valence-electron chi connectivity index (χ3n) is 7.57. The summed E-state index contributed by atoms with van der Waals surface area (Å²) in [5.41, 5.74) is -0.567. The summed E-state index contributed by atoms with van der Waals surface area (Å²) in [6.07, 6.45) is 1.85. The lowest BCUT2D eigenvalue weighted by Gasteiger charge is -2.26. The molecule has 14 nitrogen and oxygen atoms in total. The predicted octanol–water partition coefficient (Wildman–Crippen LogP) is 4.18. The van der Waals surface area contributed by atoms with Crippen LogP contribution in [0.5, 0.6) is 5.75 Å². The molecule has 1 aliphatic rings. The SMILES string of the molecule is CCCC[C@@H](NC(=O)N1Cc2nn(CC)c(=O)n2C[C@H](Cc2cc(Cl)ccc2OC)C1=O)c1ccc(C(=O)O)c([N+](=O)[O-])c1. The third-order valence-corrected chi connectivity index (χ3v) is 7.80. The van der Waals surface area contributed by atoms with Crippen molar-refractivity contribution in [3.63, 3.8) is 0 Å². The summed E-state index contributed by atoms with van der Waals surface area (Å²) in [6.45, 7) is 3.66. The van der Waals surface area contributed by atoms with E-state index in [1.54, 1.807) is 25.1 Å². The number of aromatic nitrogens is 3. The first-order valence-electron chi connectivity index (χ1n) is 14.1. The van der Waals surface area contributed by atoms with E-state index in [0.717, 1.165) is 23.5 Å². The van der Waals surface area contributed by atoms with E-state index in [4.69, 9.17) is 16.3 Å². The average molecular weight is 629 g/mol. The van der Waals surface area contributed by atoms with Crippen LogP contribution in [-0.4, -0.2) is 54.3 Å². The fourth-order valence-electron chi connectivity index (χ4n) is 5.28. The average Bonchev–Trinajstić information content (AvgIpc) is 3.22. The number of urea groups is 1. The molecule has 3 aromatic rings. The highest BCUT2D eigenvalue weighted by atomic mass is 35.5. The van der Waals surface area contributed by atoms with Crippen LogP contribution in [0.2, 0.25) is 5.02 Å². The van der Waals surface area contributed by atoms with Gasteiger partial charge in [-0.1, -0.05) is 37.4 Å². The molecule has 2 N–H and O–H groups in total. The maximum atomic E-state index is 14.0. The third kappa shape index (κ3) is 6.75. The van der Waals surface area contributed by atoms with Crippen molar-refractivity contribution in [2.45, 2.75) is 65.2 Å². The summed E-state index contributed by atoms with van der Waals surface area (Å²) in [4.78, 5) is 64.3. The number of methoxy groups -OCH3 is 1. The molecular formula is C29H33ClN6O8. The molecule has 1 aromatic heterocycles. The van der Waals surface area contributed by atoms with E-state index in [9.17, 15) is 34.4 Å². The number of aryl methyl sites for hydroxylation is 1. The highest BCUT2D eigenvalue weighted by Crippen LogP contribution is 2.30. The van der Waals surface area contributed by atoms with Crippen LogP contribution in [0, 0.1) is 16.0 Å². The Bertz CT molecular complexity index is 1650. The number of unbranched alkanes of at least 4 members (excludes halogenated alkanes) is 1. The smallest absolute Gasteiger partial charge is 0.345 e. The van der Waals surface area contributed by atoms with Crippen molar-refractivity contribution in [2.75, 3.05) is 7.11 Å². The van der Waals surface area contributed by atoms with Gasteiger partial charge in [-0.05, 0) is 55.2 Å². The van der Waals surface area contributed by atoms with Crippen molar-refractivity contribution in [1.82, 2.24) is 24.6 Å². The molecule has 0 saturated heterocycles. The van der Waals surface area contributed by atoms with Crippen LogP contribution in [-0.2, 0) is 30.8 Å². The number of hydrogen-bond donors (Lipinski definition) is 2. The topological polar surface area (TPSA) is 179 Å². The largest absolute Gasteiger partial charge is 0.496 e. The van der Waals surface area contributed by atoms with Gasteiger partial charge in [-0.3, -0.25) is 24.4 Å². The lowest BCUT2D eigenvalue weighted by molar-refractivity contribution is -0.385. The van der Waals surface area contributed by atoms with Gasteiger partial charge in [-0.25, -0.2) is 19.1 Å². The zero-order valence-electron chi connectivity index (χ0n) is 24.5. The minimum Gasteiger partial charge on any atom is -0.496 e. The Morgan fingerprint density at radius 3 is 2.61 bits per heavy atom. The Morgan fingerprint density at radius 1 is 1.23 bits per heavy atom. The molecule has 0 fully saturated rings. The molecule has 234 valence electrons. The van der Waals surface area contributed by atoms with Gasteiger partial charge in [0.25, 0.3) is 5.69 Å². The summed E-state index contributed by atoms with van der Waals surface area (Å²) >= 11 is 6.22. The molecule has 3 amide bonds. The number of ether oxygens (including phenoxy) is 1. The molecule has 2 aromatic carbocycles. The quantitative estimate of drug-likeness (QED) is 0.233. The Morgan fingerprint density at radius 2 is 1.98 bits per heavy atom. The van der Waals surface area contributed by atoms with Crippen LogP contribution in [0.4, 0.5) is 10.5 Å². The van der Waals surface area contributed by atoms with Crippen LogP contribution in [0.25, 0.3) is 0 Å². The van der Waals surface area contributed by atoms with Gasteiger partial charge in [0, 0.05) is 24.2 Å². The number of aromatic carboxylic acids is 1. The van der Waals surface area contributed by atoms with E-state index < -0.39 is 51.7 Å². The fourth-order valence-corrected chi connectivity index (χ4v) is 5.48. The minimum absolute atomic E-state index is 0.0332. The zero-order valence-corrected chi connectivity index (χ0v) is 25.2. The monoisotopic (exact) mass is 628 g/mol. The van der Waals surface area contributed by atoms with E-state index in [1.165, 1.54) is 22.4 Å². The summed E-state index contributed by atoms with van der Waals surface area (Å²) in [5.74, 6) is -2.16. The molecule has 2 heterocycles. The number of nitro benzene ring substituents is 1. The predicted molar refractivity (Wildman–Crippen MR) is 159 cm³/mol. The van der Waals surface area contributed by atoms with Gasteiger partial charge in [0.1, 0.15) is 11.3 Å². The molecule has 0 spiro atoms. The standard InChI is InChI=1S/C29H33ClN6O8/c1-4-6-7-22(17-8-10-21(27(38)39)23(14-17)36(42)43)31-28(40)34-16-25-32-35(5-2)29(41)33(25)15-19(26(34)37)12-18-13-20(30)9-11-24(18)44-3/h8-11,13-14,19,22H,4-7,12,15-16H2,1-3H3,(H,31,40)(H,38,39)/t19-,22+/m0/s1. The number of carboxylic acid groups (broad SMARTS) is 1. The van der Waals surface area contributed by atoms with Crippen molar-refractivity contribution in [3.05, 3.63) is 84.5 Å². The highest BCUT2D eigenvalue weighted by Gasteiger charge is 2.37. The van der Waals surface area contributed by atoms with Gasteiger partial charge in [-0.15, -0.1) is 0 Å². The first kappa shape index (κ1) is 32.2. The van der Waals surface area contributed by atoms with Crippen molar-refractivity contribution >= 4 is 35.2 Å². The molecule has 0 bridgehead atoms. The first-order chi connectivity index (χ1) is 21.0. The second-order valence-corrected chi connectivity index (χ2v) is 10.8. The van der Waals surface area contributed by atoms with Crippen molar-refractivity contribution < 1.29 is 29.2 Å². The summed E-state index contributed by atoms with van der Waals surface area (Å²) in [6, 6.07) is 7.09. The molecule has 15 heteroatoms. The van der Waals surface area contributed by atoms with E-state index >= 15 is 0 Å². The van der Waals surface area contributed by atoms with Crippen molar-refractivity contribution in [1.29, 1.82) is 0 Å². The molecule has 0 unspecified atom stereocenters. The molecule has 0 radical (unpaired) electrons. The molecule has 1 aliphatic heterocycles. The van der Waals surface area contributed by atoms with Crippen LogP contribution in [0.1, 0.15) is 66.5 Å². The molecule has 0 saturated carbocycles. The Hall–Kier alpha value is -4.72. The number of nitrogens with zero attached hydrogens (tertiary/aromatic N) is 5. The number of carbonyl (C=O) groups excluding carboxylic acids is 2. The van der Waals surface area contributed by atoms with E-state index in [1.807, 2.05) is 6.92 Å². The Kier molecular flexibility index (Phi) is 10.0. The Balaban J connectivity index is 1.72. The van der Waals surface area contributed by atoms with E-state index in [0.29, 0.717) is 34.7 Å². The molecule has 4 rings (SSSR count). The minimum atomic E-state index is -1.45. The van der Waals surface area contributed by atoms with Gasteiger partial charge in [-0.2, -0.15) is 5.10 Å². The van der Waals surface area contributed by atoms with Crippen LogP contribution in [0.15, 0.2) is 41.2 Å². The Labute approximate surface area is 257 Å². The summed E-state index contributed by atoms with van der Waals surface area (Å²) in [7, 11) is 1.49. The molecular weight excluding hydrogens is 596 g/mol. The van der Waals surface area contributed by atoms with Crippen molar-refractivity contribution in [3.8, 4) is 5.75 Å². The number of fused-ring (bicyclic) bond motifs is 1. The molecule has 44 heavy (non-hydrogen) atoms. The second kappa shape index (κ2) is 13.7. The number of amides is 3. The van der Waals surface area contributed by atoms with Crippen LogP contribution >= 0.6 is 11.6 Å². The molecule has 0 aliphatic carbocycles. The van der Waals surface area contributed by atoms with Gasteiger partial charge < -0.3 is 15.2 Å². The lowest BCUT2D eigenvalue weighted by atomic mass is 9.97. The van der Waals surface area contributed by atoms with Gasteiger partial charge >= 0.3 is 17.7 Å². The normalized spacial score (nSPS) is 15.3. The molecule has 2 atom stereocenters. The van der Waals surface area contributed by atoms with Gasteiger partial charge in [0.2, 0.25) is 5.91 Å². The van der Waals surface area contributed by atoms with Gasteiger partial charge in [0.05, 0.1) is 30.5 Å². The number of halogens is 1. The highest BCUT2D eigenvalue weighted by molar-refractivity contribution is 6.30. The van der Waals surface area contributed by atoms with Gasteiger partial charge in [0.15, 0.2) is 5.82 Å². The number of nitro groups is 1. The second-order valence-electron chi connectivity index (χ2n) is 10.4. The summed E-state index contributed by atoms with van der Waals surface area (Å²) < 4.78 is 8.10.